The molecule has 0 spiro atoms. The second-order valence-corrected chi connectivity index (χ2v) is 4.77. The van der Waals surface area contributed by atoms with Crippen molar-refractivity contribution >= 4 is 16.8 Å². The maximum Gasteiger partial charge on any atom is 0.0422 e. The van der Waals surface area contributed by atoms with E-state index < -0.39 is 0 Å². The molecule has 0 bridgehead atoms. The average Bonchev–Trinajstić information content (AvgIpc) is 2.28. The molecule has 16 heavy (non-hydrogen) atoms. The highest BCUT2D eigenvalue weighted by Gasteiger charge is 2.25. The van der Waals surface area contributed by atoms with Gasteiger partial charge in [-0.1, -0.05) is 48.6 Å². The molecule has 1 heteroatoms. The zero-order valence-corrected chi connectivity index (χ0v) is 9.40. The summed E-state index contributed by atoms with van der Waals surface area (Å²) in [6.45, 7) is 2.10. The zero-order valence-electron chi connectivity index (χ0n) is 9.40. The smallest absolute Gasteiger partial charge is 0.0422 e. The molecule has 2 N–H and O–H groups in total. The van der Waals surface area contributed by atoms with Gasteiger partial charge < -0.3 is 5.73 Å². The van der Waals surface area contributed by atoms with Crippen molar-refractivity contribution in [2.45, 2.75) is 18.9 Å². The predicted octanol–water partition coefficient (Wildman–Crippen LogP) is 3.43. The van der Waals surface area contributed by atoms with Gasteiger partial charge in [0.15, 0.2) is 0 Å². The van der Waals surface area contributed by atoms with Crippen LogP contribution in [0.5, 0.6) is 0 Å². The molecule has 2 aromatic carbocycles. The second kappa shape index (κ2) is 3.19. The molecule has 1 aliphatic rings. The van der Waals surface area contributed by atoms with Crippen molar-refractivity contribution in [3.05, 3.63) is 53.6 Å². The molecule has 0 amide bonds. The molecule has 2 aromatic rings. The van der Waals surface area contributed by atoms with Crippen molar-refractivity contribution in [2.75, 3.05) is 0 Å². The third kappa shape index (κ3) is 1.29. The van der Waals surface area contributed by atoms with Crippen LogP contribution < -0.4 is 5.73 Å². The monoisotopic (exact) mass is 209 g/mol. The van der Waals surface area contributed by atoms with Gasteiger partial charge in [0.1, 0.15) is 0 Å². The number of nitrogens with two attached hydrogens (primary N) is 1. The maximum atomic E-state index is 6.33. The number of fused-ring (bicyclic) bond motifs is 3. The fourth-order valence-corrected chi connectivity index (χ4v) is 2.50. The summed E-state index contributed by atoms with van der Waals surface area (Å²) in [7, 11) is 0. The van der Waals surface area contributed by atoms with Gasteiger partial charge in [-0.3, -0.25) is 0 Å². The van der Waals surface area contributed by atoms with E-state index in [4.69, 9.17) is 5.73 Å². The highest BCUT2D eigenvalue weighted by molar-refractivity contribution is 5.92. The van der Waals surface area contributed by atoms with Crippen molar-refractivity contribution in [2.24, 2.45) is 5.73 Å². The highest BCUT2D eigenvalue weighted by Crippen LogP contribution is 2.35. The van der Waals surface area contributed by atoms with Gasteiger partial charge in [0.05, 0.1) is 0 Å². The molecule has 0 fully saturated rings. The molecule has 0 aliphatic heterocycles. The topological polar surface area (TPSA) is 26.0 Å². The van der Waals surface area contributed by atoms with Crippen LogP contribution in [0.3, 0.4) is 0 Å². The first-order valence-electron chi connectivity index (χ1n) is 5.66. The Labute approximate surface area is 95.6 Å². The van der Waals surface area contributed by atoms with Crippen molar-refractivity contribution in [3.63, 3.8) is 0 Å². The molecule has 1 nitrogen and oxygen atoms in total. The first kappa shape index (κ1) is 9.61. The summed E-state index contributed by atoms with van der Waals surface area (Å²) in [6, 6.07) is 12.8. The van der Waals surface area contributed by atoms with Crippen LogP contribution in [0.25, 0.3) is 16.8 Å². The van der Waals surface area contributed by atoms with Crippen LogP contribution >= 0.6 is 0 Å². The third-order valence-electron chi connectivity index (χ3n) is 3.41. The summed E-state index contributed by atoms with van der Waals surface area (Å²) in [4.78, 5) is 0. The minimum Gasteiger partial charge on any atom is -0.321 e. The summed E-state index contributed by atoms with van der Waals surface area (Å²) in [5.74, 6) is 0. The van der Waals surface area contributed by atoms with Crippen LogP contribution in [0, 0.1) is 0 Å². The quantitative estimate of drug-likeness (QED) is 0.706. The van der Waals surface area contributed by atoms with E-state index in [9.17, 15) is 0 Å². The lowest BCUT2D eigenvalue weighted by Gasteiger charge is -2.29. The fourth-order valence-electron chi connectivity index (χ4n) is 2.50. The van der Waals surface area contributed by atoms with Crippen LogP contribution in [-0.4, -0.2) is 0 Å². The Bertz CT molecular complexity index is 579. The van der Waals surface area contributed by atoms with Crippen LogP contribution in [0.4, 0.5) is 0 Å². The Morgan fingerprint density at radius 2 is 1.94 bits per heavy atom. The first-order valence-corrected chi connectivity index (χ1v) is 5.66. The molecule has 80 valence electrons. The molecule has 0 radical (unpaired) electrons. The number of benzene rings is 2. The lowest BCUT2D eigenvalue weighted by Crippen LogP contribution is -2.34. The van der Waals surface area contributed by atoms with Crippen LogP contribution in [0.1, 0.15) is 24.5 Å². The Morgan fingerprint density at radius 3 is 2.81 bits per heavy atom. The highest BCUT2D eigenvalue weighted by atomic mass is 14.7. The van der Waals surface area contributed by atoms with Crippen molar-refractivity contribution < 1.29 is 0 Å². The molecule has 0 saturated heterocycles. The maximum absolute atomic E-state index is 6.33. The summed E-state index contributed by atoms with van der Waals surface area (Å²) < 4.78 is 0. The Hall–Kier alpha value is -1.60. The standard InChI is InChI=1S/C15H15N/c1-15(16)10-4-7-13-12-6-3-2-5-11(12)8-9-14(13)15/h2-9H,10,16H2,1H3. The van der Waals surface area contributed by atoms with E-state index in [-0.39, 0.29) is 5.54 Å². The number of hydrogen-bond acceptors (Lipinski definition) is 1. The van der Waals surface area contributed by atoms with E-state index in [2.05, 4.69) is 55.5 Å². The van der Waals surface area contributed by atoms with Gasteiger partial charge in [-0.05, 0) is 35.2 Å². The molecule has 0 heterocycles. The number of hydrogen-bond donors (Lipinski definition) is 1. The molecule has 3 rings (SSSR count). The normalized spacial score (nSPS) is 23.4. The van der Waals surface area contributed by atoms with E-state index >= 15 is 0 Å². The first-order chi connectivity index (χ1) is 7.68. The summed E-state index contributed by atoms with van der Waals surface area (Å²) in [5.41, 5.74) is 8.65. The molecule has 1 atom stereocenters. The molecule has 0 aromatic heterocycles. The SMILES string of the molecule is CC1(N)CC=Cc2c1ccc1ccccc21. The van der Waals surface area contributed by atoms with Crippen molar-refractivity contribution in [1.29, 1.82) is 0 Å². The molecular formula is C15H15N. The van der Waals surface area contributed by atoms with Crippen LogP contribution in [-0.2, 0) is 5.54 Å². The van der Waals surface area contributed by atoms with Crippen LogP contribution in [0.2, 0.25) is 0 Å². The summed E-state index contributed by atoms with van der Waals surface area (Å²) in [6.07, 6.45) is 5.29. The van der Waals surface area contributed by atoms with E-state index in [0.29, 0.717) is 0 Å². The lowest BCUT2D eigenvalue weighted by molar-refractivity contribution is 0.498. The van der Waals surface area contributed by atoms with Gasteiger partial charge in [0.25, 0.3) is 0 Å². The molecule has 0 saturated carbocycles. The van der Waals surface area contributed by atoms with Gasteiger partial charge in [-0.25, -0.2) is 0 Å². The van der Waals surface area contributed by atoms with Gasteiger partial charge >= 0.3 is 0 Å². The minimum atomic E-state index is -0.228. The van der Waals surface area contributed by atoms with Crippen LogP contribution in [0.15, 0.2) is 42.5 Å². The number of rotatable bonds is 0. The zero-order chi connectivity index (χ0) is 11.2. The Kier molecular flexibility index (Phi) is 1.92. The van der Waals surface area contributed by atoms with E-state index in [1.54, 1.807) is 0 Å². The van der Waals surface area contributed by atoms with Gasteiger partial charge in [-0.2, -0.15) is 0 Å². The van der Waals surface area contributed by atoms with E-state index in [1.807, 2.05) is 0 Å². The molecular weight excluding hydrogens is 194 g/mol. The van der Waals surface area contributed by atoms with Gasteiger partial charge in [0.2, 0.25) is 0 Å². The summed E-state index contributed by atoms with van der Waals surface area (Å²) in [5, 5.41) is 2.58. The van der Waals surface area contributed by atoms with E-state index in [0.717, 1.165) is 6.42 Å². The fraction of sp³-hybridized carbons (Fsp3) is 0.200. The average molecular weight is 209 g/mol. The molecule has 1 unspecified atom stereocenters. The summed E-state index contributed by atoms with van der Waals surface area (Å²) >= 11 is 0. The van der Waals surface area contributed by atoms with Gasteiger partial charge in [-0.15, -0.1) is 0 Å². The predicted molar refractivity (Wildman–Crippen MR) is 69.1 cm³/mol. The second-order valence-electron chi connectivity index (χ2n) is 4.77. The largest absolute Gasteiger partial charge is 0.321 e. The Balaban J connectivity index is 2.40. The Morgan fingerprint density at radius 1 is 1.12 bits per heavy atom. The van der Waals surface area contributed by atoms with Gasteiger partial charge in [0, 0.05) is 5.54 Å². The lowest BCUT2D eigenvalue weighted by atomic mass is 9.80. The van der Waals surface area contributed by atoms with E-state index in [1.165, 1.54) is 21.9 Å². The van der Waals surface area contributed by atoms with Crippen molar-refractivity contribution in [1.82, 2.24) is 0 Å². The molecule has 1 aliphatic carbocycles. The van der Waals surface area contributed by atoms with Crippen molar-refractivity contribution in [3.8, 4) is 0 Å². The minimum absolute atomic E-state index is 0.228. The third-order valence-corrected chi connectivity index (χ3v) is 3.41.